The number of thiophene rings is 1. The maximum atomic E-state index is 4.50. The van der Waals surface area contributed by atoms with Crippen molar-refractivity contribution in [3.05, 3.63) is 17.3 Å². The molecule has 0 bridgehead atoms. The number of aryl methyl sites for hydroxylation is 1. The Morgan fingerprint density at radius 2 is 2.17 bits per heavy atom. The molecule has 0 atom stereocenters. The van der Waals surface area contributed by atoms with Gasteiger partial charge in [0.1, 0.15) is 17.0 Å². The Bertz CT molecular complexity index is 524. The fourth-order valence-corrected chi connectivity index (χ4v) is 3.31. The molecule has 0 unspecified atom stereocenters. The van der Waals surface area contributed by atoms with Gasteiger partial charge in [-0.1, -0.05) is 22.9 Å². The largest absolute Gasteiger partial charge is 0.353 e. The maximum absolute atomic E-state index is 4.50. The van der Waals surface area contributed by atoms with Crippen molar-refractivity contribution < 1.29 is 0 Å². The third kappa shape index (κ3) is 2.67. The van der Waals surface area contributed by atoms with Gasteiger partial charge in [0.15, 0.2) is 0 Å². The van der Waals surface area contributed by atoms with Crippen LogP contribution >= 0.6 is 27.3 Å². The molecule has 0 saturated carbocycles. The molecule has 0 fully saturated rings. The summed E-state index contributed by atoms with van der Waals surface area (Å²) >= 11 is 5.29. The number of hydrogen-bond acceptors (Lipinski definition) is 4. The molecular formula is C13H18BrN3S. The molecule has 0 aliphatic rings. The van der Waals surface area contributed by atoms with Crippen molar-refractivity contribution in [1.82, 2.24) is 9.97 Å². The smallest absolute Gasteiger partial charge is 0.141 e. The van der Waals surface area contributed by atoms with Crippen molar-refractivity contribution in [3.63, 3.8) is 0 Å². The lowest BCUT2D eigenvalue weighted by Gasteiger charge is -2.27. The Hall–Kier alpha value is -0.680. The standard InChI is InChI=1S/C13H18BrN3S/c1-4-10-7-11-12(15-8-16-13(11)18-10)17(6-5-14)9(2)3/h7-9H,4-6H2,1-3H3. The molecule has 0 aliphatic carbocycles. The van der Waals surface area contributed by atoms with Gasteiger partial charge in [-0.3, -0.25) is 0 Å². The van der Waals surface area contributed by atoms with Gasteiger partial charge >= 0.3 is 0 Å². The number of rotatable bonds is 5. The second kappa shape index (κ2) is 5.97. The van der Waals surface area contributed by atoms with E-state index < -0.39 is 0 Å². The zero-order valence-electron chi connectivity index (χ0n) is 11.0. The second-order valence-electron chi connectivity index (χ2n) is 4.46. The quantitative estimate of drug-likeness (QED) is 0.781. The summed E-state index contributed by atoms with van der Waals surface area (Å²) in [5, 5.41) is 2.13. The Morgan fingerprint density at radius 1 is 1.39 bits per heavy atom. The van der Waals surface area contributed by atoms with E-state index in [9.17, 15) is 0 Å². The van der Waals surface area contributed by atoms with Gasteiger partial charge in [0.05, 0.1) is 5.39 Å². The van der Waals surface area contributed by atoms with Crippen molar-refractivity contribution in [2.45, 2.75) is 33.2 Å². The number of alkyl halides is 1. The molecule has 2 aromatic heterocycles. The molecule has 18 heavy (non-hydrogen) atoms. The molecular weight excluding hydrogens is 310 g/mol. The summed E-state index contributed by atoms with van der Waals surface area (Å²) < 4.78 is 0. The van der Waals surface area contributed by atoms with Crippen LogP contribution in [0.2, 0.25) is 0 Å². The summed E-state index contributed by atoms with van der Waals surface area (Å²) in [7, 11) is 0. The fourth-order valence-electron chi connectivity index (χ4n) is 2.00. The molecule has 2 aromatic rings. The van der Waals surface area contributed by atoms with Crippen LogP contribution in [-0.2, 0) is 6.42 Å². The van der Waals surface area contributed by atoms with Crippen molar-refractivity contribution >= 4 is 43.3 Å². The molecule has 0 saturated heterocycles. The van der Waals surface area contributed by atoms with Crippen molar-refractivity contribution in [1.29, 1.82) is 0 Å². The van der Waals surface area contributed by atoms with Gasteiger partial charge in [-0.05, 0) is 26.3 Å². The Labute approximate surface area is 120 Å². The highest BCUT2D eigenvalue weighted by Crippen LogP contribution is 2.31. The number of hydrogen-bond donors (Lipinski definition) is 0. The minimum atomic E-state index is 0.436. The molecule has 0 radical (unpaired) electrons. The predicted octanol–water partition coefficient (Wildman–Crippen LogP) is 3.86. The summed E-state index contributed by atoms with van der Waals surface area (Å²) in [4.78, 5) is 13.7. The molecule has 0 aliphatic heterocycles. The van der Waals surface area contributed by atoms with Crippen LogP contribution < -0.4 is 4.90 Å². The number of fused-ring (bicyclic) bond motifs is 1. The average molecular weight is 328 g/mol. The molecule has 0 amide bonds. The number of halogens is 1. The highest BCUT2D eigenvalue weighted by atomic mass is 79.9. The molecule has 3 nitrogen and oxygen atoms in total. The van der Waals surface area contributed by atoms with Gasteiger partial charge in [-0.25, -0.2) is 9.97 Å². The van der Waals surface area contributed by atoms with E-state index in [0.717, 1.165) is 28.9 Å². The second-order valence-corrected chi connectivity index (χ2v) is 6.37. The Kier molecular flexibility index (Phi) is 4.56. The van der Waals surface area contributed by atoms with Gasteiger partial charge in [0.25, 0.3) is 0 Å². The van der Waals surface area contributed by atoms with Crippen LogP contribution in [0, 0.1) is 0 Å². The minimum Gasteiger partial charge on any atom is -0.353 e. The van der Waals surface area contributed by atoms with E-state index >= 15 is 0 Å². The lowest BCUT2D eigenvalue weighted by molar-refractivity contribution is 0.700. The van der Waals surface area contributed by atoms with Gasteiger partial charge < -0.3 is 4.90 Å². The van der Waals surface area contributed by atoms with E-state index in [2.05, 4.69) is 57.6 Å². The van der Waals surface area contributed by atoms with E-state index in [0.29, 0.717) is 6.04 Å². The highest BCUT2D eigenvalue weighted by molar-refractivity contribution is 9.09. The molecule has 0 spiro atoms. The zero-order chi connectivity index (χ0) is 13.1. The van der Waals surface area contributed by atoms with Crippen LogP contribution in [0.4, 0.5) is 5.82 Å². The first-order valence-electron chi connectivity index (χ1n) is 6.23. The zero-order valence-corrected chi connectivity index (χ0v) is 13.4. The van der Waals surface area contributed by atoms with Crippen LogP contribution in [-0.4, -0.2) is 27.9 Å². The SMILES string of the molecule is CCc1cc2c(N(CCBr)C(C)C)ncnc2s1. The van der Waals surface area contributed by atoms with Crippen LogP contribution in [0.25, 0.3) is 10.2 Å². The minimum absolute atomic E-state index is 0.436. The lowest BCUT2D eigenvalue weighted by Crippen LogP contribution is -2.33. The normalized spacial score (nSPS) is 11.4. The summed E-state index contributed by atoms with van der Waals surface area (Å²) in [6.07, 6.45) is 2.73. The van der Waals surface area contributed by atoms with Crippen LogP contribution in [0.15, 0.2) is 12.4 Å². The number of anilines is 1. The summed E-state index contributed by atoms with van der Waals surface area (Å²) in [6.45, 7) is 7.53. The first-order valence-corrected chi connectivity index (χ1v) is 8.17. The molecule has 98 valence electrons. The third-order valence-electron chi connectivity index (χ3n) is 2.93. The van der Waals surface area contributed by atoms with E-state index in [1.807, 2.05) is 0 Å². The van der Waals surface area contributed by atoms with E-state index in [-0.39, 0.29) is 0 Å². The van der Waals surface area contributed by atoms with Crippen LogP contribution in [0.5, 0.6) is 0 Å². The van der Waals surface area contributed by atoms with Gasteiger partial charge in [-0.2, -0.15) is 0 Å². The van der Waals surface area contributed by atoms with Crippen molar-refractivity contribution in [2.24, 2.45) is 0 Å². The van der Waals surface area contributed by atoms with Crippen molar-refractivity contribution in [2.75, 3.05) is 16.8 Å². The molecule has 0 N–H and O–H groups in total. The third-order valence-corrected chi connectivity index (χ3v) is 4.47. The van der Waals surface area contributed by atoms with Gasteiger partial charge in [0, 0.05) is 22.8 Å². The van der Waals surface area contributed by atoms with Crippen LogP contribution in [0.1, 0.15) is 25.6 Å². The van der Waals surface area contributed by atoms with Gasteiger partial charge in [0.2, 0.25) is 0 Å². The topological polar surface area (TPSA) is 29.0 Å². The van der Waals surface area contributed by atoms with Crippen LogP contribution in [0.3, 0.4) is 0 Å². The molecule has 5 heteroatoms. The predicted molar refractivity (Wildman–Crippen MR) is 83.1 cm³/mol. The highest BCUT2D eigenvalue weighted by Gasteiger charge is 2.16. The number of nitrogens with zero attached hydrogens (tertiary/aromatic N) is 3. The first kappa shape index (κ1) is 13.7. The van der Waals surface area contributed by atoms with E-state index in [1.165, 1.54) is 10.3 Å². The summed E-state index contributed by atoms with van der Waals surface area (Å²) in [6, 6.07) is 2.67. The number of aromatic nitrogens is 2. The first-order chi connectivity index (χ1) is 8.67. The summed E-state index contributed by atoms with van der Waals surface area (Å²) in [5.74, 6) is 1.06. The van der Waals surface area contributed by atoms with E-state index in [4.69, 9.17) is 0 Å². The van der Waals surface area contributed by atoms with Crippen molar-refractivity contribution in [3.8, 4) is 0 Å². The average Bonchev–Trinajstić information content (AvgIpc) is 2.78. The molecule has 0 aromatic carbocycles. The molecule has 2 rings (SSSR count). The Balaban J connectivity index is 2.51. The lowest BCUT2D eigenvalue weighted by atomic mass is 10.2. The summed E-state index contributed by atoms with van der Waals surface area (Å²) in [5.41, 5.74) is 0. The van der Waals surface area contributed by atoms with E-state index in [1.54, 1.807) is 17.7 Å². The Morgan fingerprint density at radius 3 is 2.78 bits per heavy atom. The maximum Gasteiger partial charge on any atom is 0.141 e. The van der Waals surface area contributed by atoms with Gasteiger partial charge in [-0.15, -0.1) is 11.3 Å². The fraction of sp³-hybridized carbons (Fsp3) is 0.538. The molecule has 2 heterocycles. The monoisotopic (exact) mass is 327 g/mol.